The Bertz CT molecular complexity index is 437. The van der Waals surface area contributed by atoms with E-state index in [1.165, 1.54) is 20.1 Å². The Morgan fingerprint density at radius 1 is 1.26 bits per heavy atom. The van der Waals surface area contributed by atoms with Crippen LogP contribution in [0.1, 0.15) is 31.4 Å². The largest absolute Gasteiger partial charge is 0.466 e. The first-order valence-electron chi connectivity index (χ1n) is 6.10. The lowest BCUT2D eigenvalue weighted by Gasteiger charge is -2.16. The van der Waals surface area contributed by atoms with Gasteiger partial charge in [0.25, 0.3) is 0 Å². The van der Waals surface area contributed by atoms with Crippen molar-refractivity contribution >= 4 is 11.9 Å². The zero-order valence-electron chi connectivity index (χ0n) is 11.2. The molecule has 0 aliphatic heterocycles. The van der Waals surface area contributed by atoms with Gasteiger partial charge in [-0.25, -0.2) is 4.79 Å². The molecule has 0 N–H and O–H groups in total. The second-order valence-electron chi connectivity index (χ2n) is 4.01. The lowest BCUT2D eigenvalue weighted by molar-refractivity contribution is -0.147. The molecule has 0 aromatic heterocycles. The number of benzene rings is 1. The molecule has 19 heavy (non-hydrogen) atoms. The number of carbonyl (C=O) groups excluding carboxylic acids is 2. The zero-order valence-corrected chi connectivity index (χ0v) is 11.2. The first-order valence-corrected chi connectivity index (χ1v) is 6.10. The summed E-state index contributed by atoms with van der Waals surface area (Å²) in [5.74, 6) is -0.699. The summed E-state index contributed by atoms with van der Waals surface area (Å²) in [5.41, 5.74) is 0.948. The maximum Gasteiger partial charge on any atom is 0.330 e. The van der Waals surface area contributed by atoms with Gasteiger partial charge in [0.15, 0.2) is 0 Å². The Labute approximate surface area is 113 Å². The van der Waals surface area contributed by atoms with Crippen molar-refractivity contribution in [3.05, 3.63) is 48.0 Å². The normalized spacial score (nSPS) is 12.1. The molecule has 102 valence electrons. The van der Waals surface area contributed by atoms with E-state index in [2.05, 4.69) is 4.74 Å². The molecule has 0 bridgehead atoms. The van der Waals surface area contributed by atoms with Crippen LogP contribution in [0.2, 0.25) is 0 Å². The van der Waals surface area contributed by atoms with Gasteiger partial charge in [-0.1, -0.05) is 36.4 Å². The summed E-state index contributed by atoms with van der Waals surface area (Å²) in [5, 5.41) is 0. The van der Waals surface area contributed by atoms with Gasteiger partial charge in [-0.15, -0.1) is 0 Å². The van der Waals surface area contributed by atoms with E-state index in [1.807, 2.05) is 30.3 Å². The monoisotopic (exact) mass is 262 g/mol. The van der Waals surface area contributed by atoms with Crippen LogP contribution < -0.4 is 0 Å². The van der Waals surface area contributed by atoms with Crippen LogP contribution in [0.15, 0.2) is 42.5 Å². The molecular weight excluding hydrogens is 244 g/mol. The van der Waals surface area contributed by atoms with Crippen LogP contribution >= 0.6 is 0 Å². The van der Waals surface area contributed by atoms with E-state index in [9.17, 15) is 9.59 Å². The first kappa shape index (κ1) is 15.0. The average Bonchev–Trinajstić information content (AvgIpc) is 2.42. The number of methoxy groups -OCH3 is 1. The van der Waals surface area contributed by atoms with Gasteiger partial charge in [-0.3, -0.25) is 4.79 Å². The molecule has 4 heteroatoms. The summed E-state index contributed by atoms with van der Waals surface area (Å²) in [6, 6.07) is 9.53. The molecule has 1 rings (SSSR count). The van der Waals surface area contributed by atoms with Crippen molar-refractivity contribution in [2.45, 2.75) is 25.9 Å². The lowest BCUT2D eigenvalue weighted by atomic mass is 10.0. The van der Waals surface area contributed by atoms with Gasteiger partial charge in [0.05, 0.1) is 7.11 Å². The minimum atomic E-state index is -0.385. The minimum Gasteiger partial charge on any atom is -0.466 e. The summed E-state index contributed by atoms with van der Waals surface area (Å²) >= 11 is 0. The predicted octanol–water partition coefficient (Wildman–Crippen LogP) is 2.80. The highest BCUT2D eigenvalue weighted by Crippen LogP contribution is 2.22. The molecule has 1 aromatic carbocycles. The van der Waals surface area contributed by atoms with E-state index in [0.717, 1.165) is 5.56 Å². The topological polar surface area (TPSA) is 52.6 Å². The summed E-state index contributed by atoms with van der Waals surface area (Å²) < 4.78 is 9.78. The van der Waals surface area contributed by atoms with E-state index >= 15 is 0 Å². The predicted molar refractivity (Wildman–Crippen MR) is 71.3 cm³/mol. The van der Waals surface area contributed by atoms with Gasteiger partial charge in [-0.05, 0) is 18.4 Å². The van der Waals surface area contributed by atoms with E-state index < -0.39 is 0 Å². The van der Waals surface area contributed by atoms with Crippen molar-refractivity contribution in [3.63, 3.8) is 0 Å². The van der Waals surface area contributed by atoms with Gasteiger partial charge in [0, 0.05) is 13.0 Å². The maximum atomic E-state index is 11.1. The maximum absolute atomic E-state index is 11.1. The molecule has 0 radical (unpaired) electrons. The van der Waals surface area contributed by atoms with Gasteiger partial charge in [0.2, 0.25) is 0 Å². The second kappa shape index (κ2) is 8.08. The number of carbonyl (C=O) groups is 2. The van der Waals surface area contributed by atoms with Crippen LogP contribution in [-0.2, 0) is 19.1 Å². The molecule has 0 amide bonds. The average molecular weight is 262 g/mol. The Morgan fingerprint density at radius 3 is 2.53 bits per heavy atom. The molecule has 1 aromatic rings. The summed E-state index contributed by atoms with van der Waals surface area (Å²) in [4.78, 5) is 22.0. The number of hydrogen-bond donors (Lipinski definition) is 0. The van der Waals surface area contributed by atoms with Crippen molar-refractivity contribution in [1.29, 1.82) is 0 Å². The highest BCUT2D eigenvalue weighted by molar-refractivity contribution is 5.81. The quantitative estimate of drug-likeness (QED) is 0.584. The first-order chi connectivity index (χ1) is 9.13. The fraction of sp³-hybridized carbons (Fsp3) is 0.333. The van der Waals surface area contributed by atoms with Crippen LogP contribution in [0.3, 0.4) is 0 Å². The van der Waals surface area contributed by atoms with Crippen molar-refractivity contribution < 1.29 is 19.1 Å². The fourth-order valence-electron chi connectivity index (χ4n) is 1.66. The van der Waals surface area contributed by atoms with E-state index in [1.54, 1.807) is 6.08 Å². The van der Waals surface area contributed by atoms with Crippen LogP contribution in [0.4, 0.5) is 0 Å². The Morgan fingerprint density at radius 2 is 1.95 bits per heavy atom. The van der Waals surface area contributed by atoms with Crippen molar-refractivity contribution in [1.82, 2.24) is 0 Å². The number of esters is 2. The lowest BCUT2D eigenvalue weighted by Crippen LogP contribution is -2.08. The standard InChI is InChI=1S/C15H18O4/c1-12(16)19-14(13-8-4-3-5-9-13)10-6-7-11-15(17)18-2/h3-5,7-9,11,14H,6,10H2,1-2H3/b11-7+. The number of ether oxygens (including phenoxy) is 2. The van der Waals surface area contributed by atoms with Gasteiger partial charge in [0.1, 0.15) is 6.10 Å². The SMILES string of the molecule is COC(=O)/C=C/CCC(OC(C)=O)c1ccccc1. The van der Waals surface area contributed by atoms with Crippen molar-refractivity contribution in [2.75, 3.05) is 7.11 Å². The van der Waals surface area contributed by atoms with E-state index in [-0.39, 0.29) is 18.0 Å². The molecular formula is C15H18O4. The van der Waals surface area contributed by atoms with Gasteiger partial charge < -0.3 is 9.47 Å². The van der Waals surface area contributed by atoms with Gasteiger partial charge >= 0.3 is 11.9 Å². The molecule has 1 unspecified atom stereocenters. The summed E-state index contributed by atoms with van der Waals surface area (Å²) in [6.07, 6.45) is 4.04. The molecule has 0 aliphatic rings. The molecule has 0 fully saturated rings. The fourth-order valence-corrected chi connectivity index (χ4v) is 1.66. The molecule has 0 saturated carbocycles. The third kappa shape index (κ3) is 5.86. The molecule has 1 atom stereocenters. The Kier molecular flexibility index (Phi) is 6.36. The van der Waals surface area contributed by atoms with Crippen LogP contribution in [0.5, 0.6) is 0 Å². The molecule has 0 saturated heterocycles. The number of allylic oxidation sites excluding steroid dienone is 1. The number of rotatable bonds is 6. The van der Waals surface area contributed by atoms with Crippen molar-refractivity contribution in [2.24, 2.45) is 0 Å². The third-order valence-electron chi connectivity index (χ3n) is 2.53. The molecule has 0 spiro atoms. The highest BCUT2D eigenvalue weighted by atomic mass is 16.5. The highest BCUT2D eigenvalue weighted by Gasteiger charge is 2.13. The summed E-state index contributed by atoms with van der Waals surface area (Å²) in [7, 11) is 1.33. The summed E-state index contributed by atoms with van der Waals surface area (Å²) in [6.45, 7) is 1.39. The van der Waals surface area contributed by atoms with E-state index in [0.29, 0.717) is 12.8 Å². The second-order valence-corrected chi connectivity index (χ2v) is 4.01. The van der Waals surface area contributed by atoms with Gasteiger partial charge in [-0.2, -0.15) is 0 Å². The molecule has 4 nitrogen and oxygen atoms in total. The zero-order chi connectivity index (χ0) is 14.1. The molecule has 0 aliphatic carbocycles. The van der Waals surface area contributed by atoms with Crippen LogP contribution in [-0.4, -0.2) is 19.0 Å². The third-order valence-corrected chi connectivity index (χ3v) is 2.53. The molecule has 0 heterocycles. The van der Waals surface area contributed by atoms with E-state index in [4.69, 9.17) is 4.74 Å². The van der Waals surface area contributed by atoms with Crippen LogP contribution in [0.25, 0.3) is 0 Å². The van der Waals surface area contributed by atoms with Crippen LogP contribution in [0, 0.1) is 0 Å². The Balaban J connectivity index is 2.59. The van der Waals surface area contributed by atoms with Crippen molar-refractivity contribution in [3.8, 4) is 0 Å². The Hall–Kier alpha value is -2.10. The number of hydrogen-bond acceptors (Lipinski definition) is 4. The smallest absolute Gasteiger partial charge is 0.330 e. The minimum absolute atomic E-state index is 0.291.